The normalized spacial score (nSPS) is 14.5. The summed E-state index contributed by atoms with van der Waals surface area (Å²) in [4.78, 5) is 2.53. The first-order valence-corrected chi connectivity index (χ1v) is 13.4. The first-order valence-electron chi connectivity index (χ1n) is 11.5. The van der Waals surface area contributed by atoms with Gasteiger partial charge in [-0.2, -0.15) is 4.31 Å². The van der Waals surface area contributed by atoms with Gasteiger partial charge in [-0.15, -0.1) is 0 Å². The minimum absolute atomic E-state index is 0.257. The van der Waals surface area contributed by atoms with E-state index in [0.29, 0.717) is 43.1 Å². The SMILES string of the molecule is CC(C)N(c1ccccc1)c1ccc(NC(=S)Nc2ccc(S(=O)(=O)N3CCOCC3)cc2)cc1. The summed E-state index contributed by atoms with van der Waals surface area (Å²) in [6.07, 6.45) is 0. The van der Waals surface area contributed by atoms with E-state index in [4.69, 9.17) is 17.0 Å². The lowest BCUT2D eigenvalue weighted by Crippen LogP contribution is -2.40. The van der Waals surface area contributed by atoms with E-state index in [1.165, 1.54) is 4.31 Å². The van der Waals surface area contributed by atoms with Crippen molar-refractivity contribution in [1.29, 1.82) is 0 Å². The van der Waals surface area contributed by atoms with Crippen LogP contribution < -0.4 is 15.5 Å². The average Bonchev–Trinajstić information content (AvgIpc) is 2.86. The van der Waals surface area contributed by atoms with Gasteiger partial charge in [-0.1, -0.05) is 18.2 Å². The fraction of sp³-hybridized carbons (Fsp3) is 0.269. The monoisotopic (exact) mass is 510 g/mol. The number of ether oxygens (including phenoxy) is 1. The van der Waals surface area contributed by atoms with Gasteiger partial charge in [0.1, 0.15) is 0 Å². The average molecular weight is 511 g/mol. The van der Waals surface area contributed by atoms with Crippen LogP contribution in [0.5, 0.6) is 0 Å². The fourth-order valence-electron chi connectivity index (χ4n) is 3.98. The van der Waals surface area contributed by atoms with Crippen molar-refractivity contribution in [2.45, 2.75) is 24.8 Å². The van der Waals surface area contributed by atoms with E-state index >= 15 is 0 Å². The lowest BCUT2D eigenvalue weighted by Gasteiger charge is -2.29. The molecule has 1 fully saturated rings. The van der Waals surface area contributed by atoms with Crippen LogP contribution in [0.4, 0.5) is 22.7 Å². The van der Waals surface area contributed by atoms with Crippen molar-refractivity contribution >= 4 is 50.1 Å². The Bertz CT molecular complexity index is 1230. The number of benzene rings is 3. The van der Waals surface area contributed by atoms with Crippen molar-refractivity contribution in [3.63, 3.8) is 0 Å². The Morgan fingerprint density at radius 2 is 1.37 bits per heavy atom. The molecular weight excluding hydrogens is 480 g/mol. The summed E-state index contributed by atoms with van der Waals surface area (Å²) < 4.78 is 32.3. The topological polar surface area (TPSA) is 73.9 Å². The van der Waals surface area contributed by atoms with Crippen molar-refractivity contribution in [2.75, 3.05) is 41.8 Å². The maximum atomic E-state index is 12.8. The predicted octanol–water partition coefficient (Wildman–Crippen LogP) is 5.06. The molecule has 0 aromatic heterocycles. The summed E-state index contributed by atoms with van der Waals surface area (Å²) in [5, 5.41) is 6.72. The molecule has 1 aliphatic heterocycles. The first kappa shape index (κ1) is 25.1. The highest BCUT2D eigenvalue weighted by Gasteiger charge is 2.26. The van der Waals surface area contributed by atoms with E-state index in [-0.39, 0.29) is 4.90 Å². The van der Waals surface area contributed by atoms with Gasteiger partial charge in [0, 0.05) is 41.9 Å². The maximum Gasteiger partial charge on any atom is 0.243 e. The summed E-state index contributed by atoms with van der Waals surface area (Å²) in [6, 6.07) is 25.3. The minimum Gasteiger partial charge on any atom is -0.379 e. The third-order valence-electron chi connectivity index (χ3n) is 5.67. The lowest BCUT2D eigenvalue weighted by molar-refractivity contribution is 0.0730. The molecule has 9 heteroatoms. The van der Waals surface area contributed by atoms with E-state index < -0.39 is 10.0 Å². The van der Waals surface area contributed by atoms with Crippen LogP contribution in [0.1, 0.15) is 13.8 Å². The number of nitrogens with one attached hydrogen (secondary N) is 2. The molecule has 35 heavy (non-hydrogen) atoms. The molecule has 1 saturated heterocycles. The molecule has 0 aliphatic carbocycles. The Hall–Kier alpha value is -2.98. The molecule has 2 N–H and O–H groups in total. The molecule has 0 unspecified atom stereocenters. The molecule has 184 valence electrons. The first-order chi connectivity index (χ1) is 16.8. The van der Waals surface area contributed by atoms with Crippen LogP contribution >= 0.6 is 12.2 Å². The highest BCUT2D eigenvalue weighted by atomic mass is 32.2. The number of hydrogen-bond donors (Lipinski definition) is 2. The zero-order chi connectivity index (χ0) is 24.8. The van der Waals surface area contributed by atoms with Gasteiger partial charge < -0.3 is 20.3 Å². The standard InChI is InChI=1S/C26H30N4O3S2/c1-20(2)30(23-6-4-3-5-7-23)24-12-8-21(9-13-24)27-26(34)28-22-10-14-25(15-11-22)35(31,32)29-16-18-33-19-17-29/h3-15,20H,16-19H2,1-2H3,(H2,27,28,34). The molecule has 0 bridgehead atoms. The number of nitrogens with zero attached hydrogens (tertiary/aromatic N) is 2. The predicted molar refractivity (Wildman–Crippen MR) is 146 cm³/mol. The van der Waals surface area contributed by atoms with Crippen LogP contribution in [0.3, 0.4) is 0 Å². The molecule has 0 radical (unpaired) electrons. The molecule has 0 atom stereocenters. The molecule has 1 aliphatic rings. The van der Waals surface area contributed by atoms with Crippen molar-refractivity contribution in [3.8, 4) is 0 Å². The quantitative estimate of drug-likeness (QED) is 0.430. The Labute approximate surface area is 212 Å². The van der Waals surface area contributed by atoms with Crippen LogP contribution in [0.25, 0.3) is 0 Å². The maximum absolute atomic E-state index is 12.8. The molecular formula is C26H30N4O3S2. The van der Waals surface area contributed by atoms with Gasteiger partial charge in [0.25, 0.3) is 0 Å². The van der Waals surface area contributed by atoms with Crippen molar-refractivity contribution in [3.05, 3.63) is 78.9 Å². The third-order valence-corrected chi connectivity index (χ3v) is 7.79. The molecule has 0 spiro atoms. The summed E-state index contributed by atoms with van der Waals surface area (Å²) in [6.45, 7) is 5.90. The van der Waals surface area contributed by atoms with Crippen LogP contribution in [-0.4, -0.2) is 50.2 Å². The van der Waals surface area contributed by atoms with Gasteiger partial charge in [-0.25, -0.2) is 8.42 Å². The summed E-state index contributed by atoms with van der Waals surface area (Å²) in [5.41, 5.74) is 3.79. The zero-order valence-electron chi connectivity index (χ0n) is 19.8. The third kappa shape index (κ3) is 6.18. The van der Waals surface area contributed by atoms with Crippen molar-refractivity contribution < 1.29 is 13.2 Å². The smallest absolute Gasteiger partial charge is 0.243 e. The van der Waals surface area contributed by atoms with E-state index in [0.717, 1.165) is 17.1 Å². The summed E-state index contributed by atoms with van der Waals surface area (Å²) in [5.74, 6) is 0. The van der Waals surface area contributed by atoms with Gasteiger partial charge in [-0.3, -0.25) is 0 Å². The summed E-state index contributed by atoms with van der Waals surface area (Å²) >= 11 is 5.46. The Kier molecular flexibility index (Phi) is 8.02. The number of para-hydroxylation sites is 1. The van der Waals surface area contributed by atoms with E-state index in [1.54, 1.807) is 24.3 Å². The number of thiocarbonyl (C=S) groups is 1. The van der Waals surface area contributed by atoms with Crippen molar-refractivity contribution in [2.24, 2.45) is 0 Å². The van der Waals surface area contributed by atoms with Crippen molar-refractivity contribution in [1.82, 2.24) is 4.31 Å². The second-order valence-corrected chi connectivity index (χ2v) is 10.8. The highest BCUT2D eigenvalue weighted by Crippen LogP contribution is 2.29. The van der Waals surface area contributed by atoms with Crippen LogP contribution in [0.2, 0.25) is 0 Å². The second-order valence-electron chi connectivity index (χ2n) is 8.47. The van der Waals surface area contributed by atoms with Gasteiger partial charge in [0.05, 0.1) is 18.1 Å². The largest absolute Gasteiger partial charge is 0.379 e. The zero-order valence-corrected chi connectivity index (χ0v) is 21.5. The number of rotatable bonds is 7. The molecule has 4 rings (SSSR count). The summed E-state index contributed by atoms with van der Waals surface area (Å²) in [7, 11) is -3.52. The number of sulfonamides is 1. The van der Waals surface area contributed by atoms with Crippen LogP contribution in [0.15, 0.2) is 83.8 Å². The van der Waals surface area contributed by atoms with Gasteiger partial charge >= 0.3 is 0 Å². The van der Waals surface area contributed by atoms with E-state index in [1.807, 2.05) is 30.3 Å². The van der Waals surface area contributed by atoms with E-state index in [9.17, 15) is 8.42 Å². The van der Waals surface area contributed by atoms with Gasteiger partial charge in [0.15, 0.2) is 5.11 Å². The lowest BCUT2D eigenvalue weighted by atomic mass is 10.2. The number of anilines is 4. The molecule has 1 heterocycles. The Morgan fingerprint density at radius 3 is 1.91 bits per heavy atom. The second kappa shape index (κ2) is 11.2. The fourth-order valence-corrected chi connectivity index (χ4v) is 5.62. The van der Waals surface area contributed by atoms with Gasteiger partial charge in [0.2, 0.25) is 10.0 Å². The Balaban J connectivity index is 1.38. The van der Waals surface area contributed by atoms with E-state index in [2.05, 4.69) is 53.6 Å². The molecule has 0 saturated carbocycles. The van der Waals surface area contributed by atoms with Crippen LogP contribution in [-0.2, 0) is 14.8 Å². The number of morpholine rings is 1. The van der Waals surface area contributed by atoms with Crippen LogP contribution in [0, 0.1) is 0 Å². The highest BCUT2D eigenvalue weighted by molar-refractivity contribution is 7.89. The molecule has 3 aromatic carbocycles. The molecule has 3 aromatic rings. The molecule has 7 nitrogen and oxygen atoms in total. The molecule has 0 amide bonds. The minimum atomic E-state index is -3.52. The van der Waals surface area contributed by atoms with Gasteiger partial charge in [-0.05, 0) is 86.7 Å². The number of hydrogen-bond acceptors (Lipinski definition) is 5. The Morgan fingerprint density at radius 1 is 0.857 bits per heavy atom.